The molecular weight excluding hydrogens is 392 g/mol. The summed E-state index contributed by atoms with van der Waals surface area (Å²) in [6.07, 6.45) is 5.78. The molecule has 0 heterocycles. The molecule has 0 aromatic heterocycles. The summed E-state index contributed by atoms with van der Waals surface area (Å²) < 4.78 is 31.8. The maximum absolute atomic E-state index is 12.7. The van der Waals surface area contributed by atoms with Crippen LogP contribution in [0.3, 0.4) is 0 Å². The Bertz CT molecular complexity index is 899. The molecule has 0 unspecified atom stereocenters. The number of carbonyl (C=O) groups excluding carboxylic acids is 2. The minimum Gasteiger partial charge on any atom is -0.455 e. The lowest BCUT2D eigenvalue weighted by molar-refractivity contribution is -0.164. The van der Waals surface area contributed by atoms with Crippen molar-refractivity contribution < 1.29 is 22.7 Å². The molecule has 0 atom stereocenters. The van der Waals surface area contributed by atoms with Gasteiger partial charge in [0.05, 0.1) is 10.8 Å². The molecule has 0 aliphatic heterocycles. The molecule has 1 aromatic carbocycles. The third-order valence-electron chi connectivity index (χ3n) is 6.87. The smallest absolute Gasteiger partial charge is 0.310 e. The number of sulfonamides is 1. The monoisotopic (exact) mass is 420 g/mol. The van der Waals surface area contributed by atoms with Crippen molar-refractivity contribution in [1.29, 1.82) is 0 Å². The number of hydrogen-bond donors (Lipinski definition) is 2. The van der Waals surface area contributed by atoms with E-state index < -0.39 is 15.9 Å². The number of ether oxygens (including phenoxy) is 1. The number of esters is 1. The van der Waals surface area contributed by atoms with E-state index in [0.717, 1.165) is 37.5 Å². The topological polar surface area (TPSA) is 102 Å². The fourth-order valence-corrected chi connectivity index (χ4v) is 6.81. The second-order valence-corrected chi connectivity index (χ2v) is 10.7. The van der Waals surface area contributed by atoms with Gasteiger partial charge in [0.2, 0.25) is 10.0 Å². The number of benzene rings is 1. The highest BCUT2D eigenvalue weighted by molar-refractivity contribution is 7.89. The molecule has 1 aromatic rings. The number of nitrogens with one attached hydrogen (secondary N) is 2. The van der Waals surface area contributed by atoms with Crippen LogP contribution in [0.1, 0.15) is 37.7 Å². The molecule has 0 saturated heterocycles. The zero-order valence-electron chi connectivity index (χ0n) is 16.8. The van der Waals surface area contributed by atoms with Crippen LogP contribution in [0.25, 0.3) is 0 Å². The van der Waals surface area contributed by atoms with Crippen LogP contribution in [0.4, 0.5) is 5.69 Å². The summed E-state index contributed by atoms with van der Waals surface area (Å²) in [7, 11) is -2.29. The first-order chi connectivity index (χ1) is 13.8. The predicted octanol–water partition coefficient (Wildman–Crippen LogP) is 2.46. The van der Waals surface area contributed by atoms with Gasteiger partial charge in [0, 0.05) is 5.69 Å². The molecule has 4 aliphatic carbocycles. The van der Waals surface area contributed by atoms with Crippen LogP contribution >= 0.6 is 0 Å². The predicted molar refractivity (Wildman–Crippen MR) is 108 cm³/mol. The number of carbonyl (C=O) groups is 2. The quantitative estimate of drug-likeness (QED) is 0.689. The van der Waals surface area contributed by atoms with Crippen LogP contribution < -0.4 is 10.0 Å². The third-order valence-corrected chi connectivity index (χ3v) is 8.43. The van der Waals surface area contributed by atoms with Crippen LogP contribution in [-0.2, 0) is 24.3 Å². The largest absolute Gasteiger partial charge is 0.455 e. The number of aryl methyl sites for hydroxylation is 1. The molecule has 4 saturated carbocycles. The van der Waals surface area contributed by atoms with Crippen LogP contribution in [0.2, 0.25) is 0 Å². The average Bonchev–Trinajstić information content (AvgIpc) is 2.67. The Morgan fingerprint density at radius 2 is 1.69 bits per heavy atom. The molecule has 8 heteroatoms. The van der Waals surface area contributed by atoms with Gasteiger partial charge in [-0.25, -0.2) is 13.1 Å². The van der Waals surface area contributed by atoms with E-state index in [-0.39, 0.29) is 23.4 Å². The SMILES string of the molecule is CNS(=O)(=O)c1cc(NC(=O)COC(=O)C2C3CC4CC(C3)CC2C4)ccc1C. The molecule has 29 heavy (non-hydrogen) atoms. The minimum atomic E-state index is -3.62. The third kappa shape index (κ3) is 4.05. The number of rotatable bonds is 6. The van der Waals surface area contributed by atoms with E-state index in [1.54, 1.807) is 19.1 Å². The van der Waals surface area contributed by atoms with E-state index in [9.17, 15) is 18.0 Å². The van der Waals surface area contributed by atoms with E-state index in [0.29, 0.717) is 23.1 Å². The summed E-state index contributed by atoms with van der Waals surface area (Å²) in [4.78, 5) is 25.0. The Balaban J connectivity index is 1.35. The molecule has 2 N–H and O–H groups in total. The Hall–Kier alpha value is -1.93. The van der Waals surface area contributed by atoms with Gasteiger partial charge in [0.25, 0.3) is 5.91 Å². The molecule has 1 amide bonds. The average molecular weight is 421 g/mol. The van der Waals surface area contributed by atoms with Crippen LogP contribution in [0.5, 0.6) is 0 Å². The van der Waals surface area contributed by atoms with Crippen LogP contribution in [0.15, 0.2) is 23.1 Å². The Morgan fingerprint density at radius 1 is 1.07 bits per heavy atom. The van der Waals surface area contributed by atoms with E-state index in [1.165, 1.54) is 19.5 Å². The second kappa shape index (κ2) is 7.72. The van der Waals surface area contributed by atoms with Crippen LogP contribution in [-0.4, -0.2) is 33.9 Å². The van der Waals surface area contributed by atoms with Gasteiger partial charge >= 0.3 is 5.97 Å². The van der Waals surface area contributed by atoms with Gasteiger partial charge in [-0.2, -0.15) is 0 Å². The molecule has 0 radical (unpaired) electrons. The highest BCUT2D eigenvalue weighted by Crippen LogP contribution is 2.56. The fourth-order valence-electron chi connectivity index (χ4n) is 5.82. The van der Waals surface area contributed by atoms with Crippen molar-refractivity contribution in [3.63, 3.8) is 0 Å². The van der Waals surface area contributed by atoms with Gasteiger partial charge in [-0.05, 0) is 87.4 Å². The van der Waals surface area contributed by atoms with Crippen molar-refractivity contribution >= 4 is 27.6 Å². The molecule has 7 nitrogen and oxygen atoms in total. The molecule has 4 bridgehead atoms. The van der Waals surface area contributed by atoms with Gasteiger partial charge in [0.15, 0.2) is 6.61 Å². The number of hydrogen-bond acceptors (Lipinski definition) is 5. The van der Waals surface area contributed by atoms with Gasteiger partial charge < -0.3 is 10.1 Å². The van der Waals surface area contributed by atoms with Crippen LogP contribution in [0, 0.1) is 36.5 Å². The maximum Gasteiger partial charge on any atom is 0.310 e. The van der Waals surface area contributed by atoms with E-state index >= 15 is 0 Å². The summed E-state index contributed by atoms with van der Waals surface area (Å²) in [5.74, 6) is 1.57. The Morgan fingerprint density at radius 3 is 2.28 bits per heavy atom. The molecule has 0 spiro atoms. The Labute approximate surface area is 171 Å². The van der Waals surface area contributed by atoms with E-state index in [2.05, 4.69) is 10.0 Å². The number of anilines is 1. The summed E-state index contributed by atoms with van der Waals surface area (Å²) >= 11 is 0. The first-order valence-electron chi connectivity index (χ1n) is 10.3. The highest BCUT2D eigenvalue weighted by atomic mass is 32.2. The van der Waals surface area contributed by atoms with Crippen molar-refractivity contribution in [1.82, 2.24) is 4.72 Å². The van der Waals surface area contributed by atoms with Gasteiger partial charge in [-0.1, -0.05) is 6.07 Å². The van der Waals surface area contributed by atoms with Crippen molar-refractivity contribution in [2.75, 3.05) is 19.0 Å². The van der Waals surface area contributed by atoms with Crippen molar-refractivity contribution in [2.24, 2.45) is 29.6 Å². The number of amides is 1. The van der Waals surface area contributed by atoms with Gasteiger partial charge in [-0.3, -0.25) is 9.59 Å². The molecule has 158 valence electrons. The van der Waals surface area contributed by atoms with Gasteiger partial charge in [-0.15, -0.1) is 0 Å². The first-order valence-corrected chi connectivity index (χ1v) is 11.8. The Kier molecular flexibility index (Phi) is 5.42. The normalized spacial score (nSPS) is 30.2. The summed E-state index contributed by atoms with van der Waals surface area (Å²) in [5.41, 5.74) is 0.922. The molecule has 5 rings (SSSR count). The van der Waals surface area contributed by atoms with E-state index in [1.807, 2.05) is 0 Å². The standard InChI is InChI=1S/C21H28N2O5S/c1-12-3-4-17(10-18(12)29(26,27)22-2)23-19(24)11-28-21(25)20-15-6-13-5-14(8-15)9-16(20)7-13/h3-4,10,13-16,20,22H,5-9,11H2,1-2H3,(H,23,24). The molecule has 4 aliphatic rings. The lowest BCUT2D eigenvalue weighted by atomic mass is 9.52. The zero-order valence-corrected chi connectivity index (χ0v) is 17.6. The summed E-state index contributed by atoms with van der Waals surface area (Å²) in [5, 5.41) is 2.62. The van der Waals surface area contributed by atoms with Crippen molar-refractivity contribution in [3.8, 4) is 0 Å². The maximum atomic E-state index is 12.7. The minimum absolute atomic E-state index is 0.0673. The van der Waals surface area contributed by atoms with Crippen molar-refractivity contribution in [2.45, 2.75) is 43.9 Å². The van der Waals surface area contributed by atoms with E-state index in [4.69, 9.17) is 4.74 Å². The summed E-state index contributed by atoms with van der Waals surface area (Å²) in [6.45, 7) is 1.33. The van der Waals surface area contributed by atoms with Gasteiger partial charge in [0.1, 0.15) is 0 Å². The fraction of sp³-hybridized carbons (Fsp3) is 0.619. The summed E-state index contributed by atoms with van der Waals surface area (Å²) in [6, 6.07) is 4.65. The molecular formula is C21H28N2O5S. The lowest BCUT2D eigenvalue weighted by Gasteiger charge is -2.53. The highest BCUT2D eigenvalue weighted by Gasteiger charge is 2.51. The zero-order chi connectivity index (χ0) is 20.8. The lowest BCUT2D eigenvalue weighted by Crippen LogP contribution is -2.48. The second-order valence-electron chi connectivity index (χ2n) is 8.80. The van der Waals surface area contributed by atoms with Crippen molar-refractivity contribution in [3.05, 3.63) is 23.8 Å². The molecule has 4 fully saturated rings. The first kappa shape index (κ1) is 20.3.